The Kier molecular flexibility index (Phi) is 5.24. The fourth-order valence-corrected chi connectivity index (χ4v) is 2.89. The number of halogens is 1. The standard InChI is InChI=1S/C15H19BrN2O/c1-18-8-3-2-4-14(18)7-9-19-15-6-5-13(16)10-12(15)11-17/h5-6,10,14H,2-4,7-9H2,1H3. The van der Waals surface area contributed by atoms with Crippen LogP contribution in [0.4, 0.5) is 0 Å². The molecule has 4 heteroatoms. The molecule has 102 valence electrons. The van der Waals surface area contributed by atoms with Crippen LogP contribution in [-0.4, -0.2) is 31.1 Å². The van der Waals surface area contributed by atoms with E-state index in [1.807, 2.05) is 12.1 Å². The SMILES string of the molecule is CN1CCCCC1CCOc1ccc(Br)cc1C#N. The van der Waals surface area contributed by atoms with Crippen LogP contribution in [0.2, 0.25) is 0 Å². The first kappa shape index (κ1) is 14.4. The Morgan fingerprint density at radius 1 is 1.47 bits per heavy atom. The summed E-state index contributed by atoms with van der Waals surface area (Å²) in [6, 6.07) is 8.34. The number of nitriles is 1. The van der Waals surface area contributed by atoms with Gasteiger partial charge in [0.25, 0.3) is 0 Å². The van der Waals surface area contributed by atoms with Gasteiger partial charge in [0.2, 0.25) is 0 Å². The maximum absolute atomic E-state index is 9.07. The number of piperidine rings is 1. The van der Waals surface area contributed by atoms with Crippen molar-refractivity contribution in [2.24, 2.45) is 0 Å². The Labute approximate surface area is 123 Å². The Balaban J connectivity index is 1.87. The van der Waals surface area contributed by atoms with E-state index in [0.717, 1.165) is 10.9 Å². The molecule has 0 spiro atoms. The Morgan fingerprint density at radius 2 is 2.32 bits per heavy atom. The fraction of sp³-hybridized carbons (Fsp3) is 0.533. The molecule has 1 aromatic rings. The zero-order chi connectivity index (χ0) is 13.7. The van der Waals surface area contributed by atoms with Gasteiger partial charge >= 0.3 is 0 Å². The van der Waals surface area contributed by atoms with Gasteiger partial charge in [-0.25, -0.2) is 0 Å². The molecule has 1 aliphatic heterocycles. The van der Waals surface area contributed by atoms with Gasteiger partial charge in [-0.15, -0.1) is 0 Å². The highest BCUT2D eigenvalue weighted by Crippen LogP contribution is 2.23. The highest BCUT2D eigenvalue weighted by Gasteiger charge is 2.18. The van der Waals surface area contributed by atoms with E-state index in [0.29, 0.717) is 24.0 Å². The van der Waals surface area contributed by atoms with Crippen LogP contribution in [0.1, 0.15) is 31.2 Å². The summed E-state index contributed by atoms with van der Waals surface area (Å²) in [5.74, 6) is 0.684. The van der Waals surface area contributed by atoms with Crippen molar-refractivity contribution in [3.63, 3.8) is 0 Å². The van der Waals surface area contributed by atoms with E-state index in [-0.39, 0.29) is 0 Å². The minimum absolute atomic E-state index is 0.589. The van der Waals surface area contributed by atoms with Crippen molar-refractivity contribution in [2.45, 2.75) is 31.7 Å². The minimum atomic E-state index is 0.589. The number of ether oxygens (including phenoxy) is 1. The first-order valence-corrected chi connectivity index (χ1v) is 7.52. The van der Waals surface area contributed by atoms with E-state index < -0.39 is 0 Å². The first-order chi connectivity index (χ1) is 9.20. The molecule has 1 atom stereocenters. The van der Waals surface area contributed by atoms with Crippen molar-refractivity contribution < 1.29 is 4.74 Å². The summed E-state index contributed by atoms with van der Waals surface area (Å²) in [5.41, 5.74) is 0.589. The number of rotatable bonds is 4. The number of hydrogen-bond donors (Lipinski definition) is 0. The lowest BCUT2D eigenvalue weighted by Gasteiger charge is -2.32. The molecule has 1 fully saturated rings. The highest BCUT2D eigenvalue weighted by atomic mass is 79.9. The normalized spacial score (nSPS) is 19.9. The average Bonchev–Trinajstić information content (AvgIpc) is 2.42. The molecule has 0 bridgehead atoms. The van der Waals surface area contributed by atoms with Gasteiger partial charge in [0.15, 0.2) is 0 Å². The predicted molar refractivity (Wildman–Crippen MR) is 79.2 cm³/mol. The summed E-state index contributed by atoms with van der Waals surface area (Å²) in [4.78, 5) is 2.42. The second-order valence-corrected chi connectivity index (χ2v) is 5.94. The summed E-state index contributed by atoms with van der Waals surface area (Å²) >= 11 is 3.36. The van der Waals surface area contributed by atoms with E-state index in [1.165, 1.54) is 25.8 Å². The van der Waals surface area contributed by atoms with Crippen molar-refractivity contribution in [2.75, 3.05) is 20.2 Å². The largest absolute Gasteiger partial charge is 0.492 e. The summed E-state index contributed by atoms with van der Waals surface area (Å²) in [6.45, 7) is 1.86. The summed E-state index contributed by atoms with van der Waals surface area (Å²) in [7, 11) is 2.18. The van der Waals surface area contributed by atoms with Crippen molar-refractivity contribution >= 4 is 15.9 Å². The van der Waals surface area contributed by atoms with Crippen molar-refractivity contribution in [1.82, 2.24) is 4.90 Å². The number of nitrogens with zero attached hydrogens (tertiary/aromatic N) is 2. The highest BCUT2D eigenvalue weighted by molar-refractivity contribution is 9.10. The van der Waals surface area contributed by atoms with Gasteiger partial charge in [-0.2, -0.15) is 5.26 Å². The molecular weight excluding hydrogens is 304 g/mol. The van der Waals surface area contributed by atoms with Crippen LogP contribution in [0, 0.1) is 11.3 Å². The van der Waals surface area contributed by atoms with Crippen LogP contribution in [0.15, 0.2) is 22.7 Å². The number of likely N-dealkylation sites (tertiary alicyclic amines) is 1. The topological polar surface area (TPSA) is 36.3 Å². The van der Waals surface area contributed by atoms with Gasteiger partial charge in [-0.05, 0) is 51.1 Å². The zero-order valence-electron chi connectivity index (χ0n) is 11.2. The molecule has 0 saturated carbocycles. The molecule has 1 aliphatic rings. The number of benzene rings is 1. The van der Waals surface area contributed by atoms with Crippen LogP contribution < -0.4 is 4.74 Å². The van der Waals surface area contributed by atoms with Gasteiger partial charge in [0, 0.05) is 10.5 Å². The van der Waals surface area contributed by atoms with Crippen molar-refractivity contribution in [3.05, 3.63) is 28.2 Å². The second-order valence-electron chi connectivity index (χ2n) is 5.02. The fourth-order valence-electron chi connectivity index (χ4n) is 2.53. The predicted octanol–water partition coefficient (Wildman–Crippen LogP) is 3.57. The lowest BCUT2D eigenvalue weighted by Crippen LogP contribution is -2.37. The molecule has 0 radical (unpaired) electrons. The van der Waals surface area contributed by atoms with Crippen LogP contribution in [0.5, 0.6) is 5.75 Å². The third kappa shape index (κ3) is 3.95. The lowest BCUT2D eigenvalue weighted by molar-refractivity contribution is 0.153. The van der Waals surface area contributed by atoms with Crippen LogP contribution in [-0.2, 0) is 0 Å². The molecule has 1 aromatic carbocycles. The van der Waals surface area contributed by atoms with Gasteiger partial charge in [0.1, 0.15) is 11.8 Å². The lowest BCUT2D eigenvalue weighted by atomic mass is 10.0. The Bertz CT molecular complexity index is 470. The van der Waals surface area contributed by atoms with E-state index >= 15 is 0 Å². The smallest absolute Gasteiger partial charge is 0.137 e. The average molecular weight is 323 g/mol. The van der Waals surface area contributed by atoms with Crippen LogP contribution >= 0.6 is 15.9 Å². The molecule has 1 unspecified atom stereocenters. The molecule has 0 N–H and O–H groups in total. The summed E-state index contributed by atoms with van der Waals surface area (Å²) in [5, 5.41) is 9.07. The van der Waals surface area contributed by atoms with E-state index in [4.69, 9.17) is 10.00 Å². The van der Waals surface area contributed by atoms with E-state index in [1.54, 1.807) is 6.07 Å². The minimum Gasteiger partial charge on any atom is -0.492 e. The first-order valence-electron chi connectivity index (χ1n) is 6.73. The zero-order valence-corrected chi connectivity index (χ0v) is 12.8. The summed E-state index contributed by atoms with van der Waals surface area (Å²) in [6.07, 6.45) is 4.90. The maximum atomic E-state index is 9.07. The van der Waals surface area contributed by atoms with E-state index in [9.17, 15) is 0 Å². The molecule has 0 amide bonds. The van der Waals surface area contributed by atoms with Gasteiger partial charge in [-0.1, -0.05) is 22.4 Å². The Hall–Kier alpha value is -1.05. The quantitative estimate of drug-likeness (QED) is 0.850. The molecular formula is C15H19BrN2O. The Morgan fingerprint density at radius 3 is 3.05 bits per heavy atom. The molecule has 3 nitrogen and oxygen atoms in total. The monoisotopic (exact) mass is 322 g/mol. The van der Waals surface area contributed by atoms with Gasteiger partial charge in [-0.3, -0.25) is 0 Å². The number of hydrogen-bond acceptors (Lipinski definition) is 3. The van der Waals surface area contributed by atoms with Crippen molar-refractivity contribution in [1.29, 1.82) is 5.26 Å². The molecule has 1 saturated heterocycles. The molecule has 19 heavy (non-hydrogen) atoms. The molecule has 0 aromatic heterocycles. The third-order valence-electron chi connectivity index (χ3n) is 3.69. The molecule has 2 rings (SSSR count). The van der Waals surface area contributed by atoms with Crippen LogP contribution in [0.25, 0.3) is 0 Å². The third-order valence-corrected chi connectivity index (χ3v) is 4.19. The maximum Gasteiger partial charge on any atom is 0.137 e. The van der Waals surface area contributed by atoms with Gasteiger partial charge < -0.3 is 9.64 Å². The van der Waals surface area contributed by atoms with Crippen molar-refractivity contribution in [3.8, 4) is 11.8 Å². The summed E-state index contributed by atoms with van der Waals surface area (Å²) < 4.78 is 6.67. The second kappa shape index (κ2) is 6.93. The molecule has 1 heterocycles. The van der Waals surface area contributed by atoms with Gasteiger partial charge in [0.05, 0.1) is 12.2 Å². The molecule has 0 aliphatic carbocycles. The van der Waals surface area contributed by atoms with Crippen LogP contribution in [0.3, 0.4) is 0 Å². The van der Waals surface area contributed by atoms with E-state index in [2.05, 4.69) is 33.9 Å².